The Labute approximate surface area is 199 Å². The first-order valence-electron chi connectivity index (χ1n) is 13.0. The van der Waals surface area contributed by atoms with Crippen LogP contribution in [0.5, 0.6) is 0 Å². The van der Waals surface area contributed by atoms with Gasteiger partial charge in [0.1, 0.15) is 6.17 Å². The highest BCUT2D eigenvalue weighted by molar-refractivity contribution is 5.10. The third-order valence-corrected chi connectivity index (χ3v) is 7.87. The highest BCUT2D eigenvalue weighted by Gasteiger charge is 2.22. The molecule has 6 atom stereocenters. The van der Waals surface area contributed by atoms with Gasteiger partial charge in [0, 0.05) is 18.3 Å². The van der Waals surface area contributed by atoms with Gasteiger partial charge < -0.3 is 10.2 Å². The fourth-order valence-electron chi connectivity index (χ4n) is 5.44. The van der Waals surface area contributed by atoms with Gasteiger partial charge in [0.2, 0.25) is 0 Å². The second kappa shape index (κ2) is 11.9. The van der Waals surface area contributed by atoms with Crippen molar-refractivity contribution in [2.24, 2.45) is 23.7 Å². The van der Waals surface area contributed by atoms with Gasteiger partial charge in [0.25, 0.3) is 0 Å². The Hall–Kier alpha value is -2.01. The van der Waals surface area contributed by atoms with Crippen LogP contribution in [-0.2, 0) is 4.74 Å². The zero-order chi connectivity index (χ0) is 23.0. The van der Waals surface area contributed by atoms with E-state index in [0.717, 1.165) is 38.0 Å². The molecule has 4 nitrogen and oxygen atoms in total. The van der Waals surface area contributed by atoms with Crippen molar-refractivity contribution >= 4 is 0 Å². The van der Waals surface area contributed by atoms with Gasteiger partial charge in [-0.2, -0.15) is 0 Å². The van der Waals surface area contributed by atoms with Crippen molar-refractivity contribution in [2.75, 3.05) is 6.61 Å². The van der Waals surface area contributed by atoms with E-state index in [-0.39, 0.29) is 0 Å². The second-order valence-electron chi connectivity index (χ2n) is 10.4. The molecular weight excluding hydrogens is 413 g/mol. The van der Waals surface area contributed by atoms with E-state index in [1.165, 1.54) is 31.3 Å². The molecule has 4 rings (SSSR count). The molecule has 33 heavy (non-hydrogen) atoms. The molecule has 3 aliphatic carbocycles. The number of ether oxygens (including phenoxy) is 1. The largest absolute Gasteiger partial charge is 0.498 e. The SMILES string of the molecule is C/C(CC1C=CC(CCC2C=CC(F)CC2)CC1)=C(/C)OCC1C=CC(N2C=CNN2)CC1. The Bertz CT molecular complexity index is 786. The Balaban J connectivity index is 1.15. The minimum Gasteiger partial charge on any atom is -0.498 e. The molecule has 1 aliphatic heterocycles. The van der Waals surface area contributed by atoms with Crippen molar-refractivity contribution < 1.29 is 9.13 Å². The summed E-state index contributed by atoms with van der Waals surface area (Å²) in [5.74, 6) is 3.51. The van der Waals surface area contributed by atoms with Crippen molar-refractivity contribution in [3.8, 4) is 0 Å². The molecule has 2 N–H and O–H groups in total. The zero-order valence-corrected chi connectivity index (χ0v) is 20.4. The van der Waals surface area contributed by atoms with E-state index in [0.29, 0.717) is 36.1 Å². The Morgan fingerprint density at radius 2 is 1.52 bits per heavy atom. The summed E-state index contributed by atoms with van der Waals surface area (Å²) >= 11 is 0. The summed E-state index contributed by atoms with van der Waals surface area (Å²) in [6.45, 7) is 5.13. The normalized spacial score (nSPS) is 34.3. The van der Waals surface area contributed by atoms with E-state index in [1.807, 2.05) is 12.4 Å². The molecule has 6 unspecified atom stereocenters. The number of nitrogens with zero attached hydrogens (tertiary/aromatic N) is 1. The lowest BCUT2D eigenvalue weighted by Crippen LogP contribution is -2.42. The number of hydrazine groups is 2. The quantitative estimate of drug-likeness (QED) is 0.308. The molecular formula is C28H42FN3O. The smallest absolute Gasteiger partial charge is 0.118 e. The molecule has 0 bridgehead atoms. The van der Waals surface area contributed by atoms with E-state index >= 15 is 0 Å². The number of hydrogen-bond acceptors (Lipinski definition) is 4. The summed E-state index contributed by atoms with van der Waals surface area (Å²) in [4.78, 5) is 0. The predicted octanol–water partition coefficient (Wildman–Crippen LogP) is 6.48. The number of nitrogens with one attached hydrogen (secondary N) is 2. The maximum Gasteiger partial charge on any atom is 0.118 e. The third-order valence-electron chi connectivity index (χ3n) is 7.87. The van der Waals surface area contributed by atoms with Crippen molar-refractivity contribution in [3.63, 3.8) is 0 Å². The van der Waals surface area contributed by atoms with Crippen LogP contribution in [0.4, 0.5) is 4.39 Å². The Morgan fingerprint density at radius 3 is 2.12 bits per heavy atom. The van der Waals surface area contributed by atoms with Gasteiger partial charge in [-0.05, 0) is 95.0 Å². The van der Waals surface area contributed by atoms with Crippen LogP contribution in [0, 0.1) is 23.7 Å². The molecule has 0 aromatic rings. The van der Waals surface area contributed by atoms with Crippen molar-refractivity contribution in [1.82, 2.24) is 16.0 Å². The Morgan fingerprint density at radius 1 is 0.848 bits per heavy atom. The average molecular weight is 456 g/mol. The minimum absolute atomic E-state index is 0.411. The van der Waals surface area contributed by atoms with Crippen LogP contribution < -0.4 is 11.0 Å². The molecule has 182 valence electrons. The summed E-state index contributed by atoms with van der Waals surface area (Å²) in [6.07, 6.45) is 26.7. The number of hydrogen-bond donors (Lipinski definition) is 2. The van der Waals surface area contributed by atoms with E-state index in [2.05, 4.69) is 60.2 Å². The van der Waals surface area contributed by atoms with Crippen LogP contribution in [0.3, 0.4) is 0 Å². The Kier molecular flexibility index (Phi) is 8.71. The topological polar surface area (TPSA) is 36.5 Å². The van der Waals surface area contributed by atoms with Crippen LogP contribution in [-0.4, -0.2) is 23.8 Å². The number of allylic oxidation sites excluding steroid dienone is 6. The van der Waals surface area contributed by atoms with Crippen LogP contribution in [0.15, 0.2) is 60.2 Å². The summed E-state index contributed by atoms with van der Waals surface area (Å²) < 4.78 is 19.4. The first-order valence-corrected chi connectivity index (χ1v) is 13.0. The van der Waals surface area contributed by atoms with Crippen LogP contribution in [0.1, 0.15) is 71.6 Å². The molecule has 0 saturated carbocycles. The van der Waals surface area contributed by atoms with Gasteiger partial charge >= 0.3 is 0 Å². The first kappa shape index (κ1) is 24.1. The first-order chi connectivity index (χ1) is 16.1. The van der Waals surface area contributed by atoms with E-state index < -0.39 is 6.17 Å². The van der Waals surface area contributed by atoms with E-state index in [4.69, 9.17) is 4.74 Å². The second-order valence-corrected chi connectivity index (χ2v) is 10.4. The number of rotatable bonds is 9. The van der Waals surface area contributed by atoms with Gasteiger partial charge in [0.05, 0.1) is 18.4 Å². The fourth-order valence-corrected chi connectivity index (χ4v) is 5.44. The predicted molar refractivity (Wildman–Crippen MR) is 133 cm³/mol. The molecule has 0 spiro atoms. The molecule has 0 aromatic carbocycles. The van der Waals surface area contributed by atoms with Gasteiger partial charge in [-0.3, -0.25) is 5.01 Å². The number of alkyl halides is 1. The van der Waals surface area contributed by atoms with Crippen molar-refractivity contribution in [1.29, 1.82) is 0 Å². The molecule has 1 heterocycles. The summed E-state index contributed by atoms with van der Waals surface area (Å²) in [7, 11) is 0. The van der Waals surface area contributed by atoms with Crippen molar-refractivity contribution in [3.05, 3.63) is 60.2 Å². The third kappa shape index (κ3) is 7.23. The molecule has 0 radical (unpaired) electrons. The van der Waals surface area contributed by atoms with Gasteiger partial charge in [-0.25, -0.2) is 4.39 Å². The molecule has 5 heteroatoms. The maximum atomic E-state index is 13.2. The maximum absolute atomic E-state index is 13.2. The molecule has 0 aromatic heterocycles. The fraction of sp³-hybridized carbons (Fsp3) is 0.643. The monoisotopic (exact) mass is 455 g/mol. The standard InChI is InChI=1S/C28H42FN3O/c1-21(22(2)33-20-26-11-15-28(16-12-26)32-18-17-30-31-32)19-25-7-5-23(6-8-25)3-4-24-9-13-27(29)14-10-24/h5,7,9,11,13,15,17-18,23-28,30-31H,3-4,6,8,10,12,14,16,19-20H2,1-2H3/b22-21+. The van der Waals surface area contributed by atoms with Crippen LogP contribution >= 0.6 is 0 Å². The highest BCUT2D eigenvalue weighted by Crippen LogP contribution is 2.33. The van der Waals surface area contributed by atoms with E-state index in [9.17, 15) is 4.39 Å². The lowest BCUT2D eigenvalue weighted by Gasteiger charge is -2.29. The van der Waals surface area contributed by atoms with E-state index in [1.54, 1.807) is 6.08 Å². The summed E-state index contributed by atoms with van der Waals surface area (Å²) in [6, 6.07) is 0.411. The van der Waals surface area contributed by atoms with Crippen LogP contribution in [0.2, 0.25) is 0 Å². The molecule has 0 amide bonds. The van der Waals surface area contributed by atoms with Gasteiger partial charge in [0.15, 0.2) is 0 Å². The highest BCUT2D eigenvalue weighted by atomic mass is 19.1. The van der Waals surface area contributed by atoms with Crippen molar-refractivity contribution in [2.45, 2.75) is 83.8 Å². The summed E-state index contributed by atoms with van der Waals surface area (Å²) in [5, 5.41) is 2.11. The summed E-state index contributed by atoms with van der Waals surface area (Å²) in [5.41, 5.74) is 7.52. The average Bonchev–Trinajstić information content (AvgIpc) is 3.38. The minimum atomic E-state index is -0.709. The van der Waals surface area contributed by atoms with Crippen LogP contribution in [0.25, 0.3) is 0 Å². The van der Waals surface area contributed by atoms with Gasteiger partial charge in [-0.15, -0.1) is 5.53 Å². The lowest BCUT2D eigenvalue weighted by molar-refractivity contribution is 0.156. The number of halogens is 1. The molecule has 0 saturated heterocycles. The molecule has 4 aliphatic rings. The lowest BCUT2D eigenvalue weighted by atomic mass is 9.81. The zero-order valence-electron chi connectivity index (χ0n) is 20.4. The van der Waals surface area contributed by atoms with Gasteiger partial charge in [-0.1, -0.05) is 36.5 Å². The molecule has 0 fully saturated rings.